The van der Waals surface area contributed by atoms with E-state index in [1.165, 1.54) is 6.08 Å². The van der Waals surface area contributed by atoms with Gasteiger partial charge in [0.2, 0.25) is 0 Å². The number of halogens is 1. The SMILES string of the molecule is CCOc1cc(/C=C(/C#N)C(=O)Nc2ccc(Cl)cc2)ccc1OCC(=O)Nc1ccccc1C. The minimum atomic E-state index is -0.555. The van der Waals surface area contributed by atoms with Gasteiger partial charge in [0.25, 0.3) is 11.8 Å². The quantitative estimate of drug-likeness (QED) is 0.300. The maximum absolute atomic E-state index is 12.5. The molecule has 0 heterocycles. The van der Waals surface area contributed by atoms with Gasteiger partial charge in [0.05, 0.1) is 6.61 Å². The van der Waals surface area contributed by atoms with E-state index < -0.39 is 5.91 Å². The summed E-state index contributed by atoms with van der Waals surface area (Å²) in [6, 6.07) is 20.9. The molecule has 0 aliphatic heterocycles. The van der Waals surface area contributed by atoms with Gasteiger partial charge in [-0.25, -0.2) is 0 Å². The average molecular weight is 490 g/mol. The zero-order valence-corrected chi connectivity index (χ0v) is 20.1. The van der Waals surface area contributed by atoms with Crippen LogP contribution in [0.3, 0.4) is 0 Å². The summed E-state index contributed by atoms with van der Waals surface area (Å²) in [7, 11) is 0. The van der Waals surface area contributed by atoms with Gasteiger partial charge in [-0.3, -0.25) is 9.59 Å². The highest BCUT2D eigenvalue weighted by atomic mass is 35.5. The maximum Gasteiger partial charge on any atom is 0.266 e. The number of hydrogen-bond donors (Lipinski definition) is 2. The lowest BCUT2D eigenvalue weighted by molar-refractivity contribution is -0.118. The number of hydrogen-bond acceptors (Lipinski definition) is 5. The van der Waals surface area contributed by atoms with Gasteiger partial charge in [-0.15, -0.1) is 0 Å². The molecule has 178 valence electrons. The molecule has 35 heavy (non-hydrogen) atoms. The Morgan fingerprint density at radius 1 is 1.00 bits per heavy atom. The number of nitrogens with zero attached hydrogens (tertiary/aromatic N) is 1. The minimum absolute atomic E-state index is 0.0892. The third-order valence-corrected chi connectivity index (χ3v) is 5.08. The Hall–Kier alpha value is -4.28. The number of nitriles is 1. The first-order chi connectivity index (χ1) is 16.9. The van der Waals surface area contributed by atoms with E-state index in [0.717, 1.165) is 5.56 Å². The first-order valence-corrected chi connectivity index (χ1v) is 11.2. The largest absolute Gasteiger partial charge is 0.490 e. The van der Waals surface area contributed by atoms with E-state index in [1.807, 2.05) is 44.2 Å². The normalized spacial score (nSPS) is 10.7. The molecule has 8 heteroatoms. The van der Waals surface area contributed by atoms with Crippen LogP contribution in [0.25, 0.3) is 6.08 Å². The molecule has 3 aromatic rings. The highest BCUT2D eigenvalue weighted by Gasteiger charge is 2.13. The van der Waals surface area contributed by atoms with Gasteiger partial charge in [-0.2, -0.15) is 5.26 Å². The molecule has 0 aliphatic carbocycles. The number of anilines is 2. The average Bonchev–Trinajstić information content (AvgIpc) is 2.85. The fourth-order valence-electron chi connectivity index (χ4n) is 3.09. The Morgan fingerprint density at radius 3 is 2.43 bits per heavy atom. The Bertz CT molecular complexity index is 1280. The summed E-state index contributed by atoms with van der Waals surface area (Å²) in [5, 5.41) is 15.5. The van der Waals surface area contributed by atoms with Gasteiger partial charge in [-0.1, -0.05) is 35.9 Å². The summed E-state index contributed by atoms with van der Waals surface area (Å²) in [6.45, 7) is 3.87. The molecule has 0 saturated heterocycles. The van der Waals surface area contributed by atoms with Crippen molar-refractivity contribution in [3.05, 3.63) is 88.5 Å². The van der Waals surface area contributed by atoms with Crippen LogP contribution in [0.4, 0.5) is 11.4 Å². The van der Waals surface area contributed by atoms with Crippen molar-refractivity contribution in [1.29, 1.82) is 5.26 Å². The van der Waals surface area contributed by atoms with Crippen LogP contribution in [0, 0.1) is 18.3 Å². The van der Waals surface area contributed by atoms with Crippen LogP contribution in [0.2, 0.25) is 5.02 Å². The molecule has 0 aromatic heterocycles. The highest BCUT2D eigenvalue weighted by Crippen LogP contribution is 2.29. The third kappa shape index (κ3) is 7.36. The third-order valence-electron chi connectivity index (χ3n) is 4.82. The Kier molecular flexibility index (Phi) is 8.88. The zero-order chi connectivity index (χ0) is 25.2. The molecule has 0 unspecified atom stereocenters. The molecule has 0 radical (unpaired) electrons. The van der Waals surface area contributed by atoms with Gasteiger partial charge >= 0.3 is 0 Å². The first-order valence-electron chi connectivity index (χ1n) is 10.8. The topological polar surface area (TPSA) is 100 Å². The van der Waals surface area contributed by atoms with E-state index in [2.05, 4.69) is 10.6 Å². The van der Waals surface area contributed by atoms with E-state index in [-0.39, 0.29) is 18.1 Å². The van der Waals surface area contributed by atoms with Crippen molar-refractivity contribution in [3.8, 4) is 17.6 Å². The molecular formula is C27H24ClN3O4. The van der Waals surface area contributed by atoms with Crippen LogP contribution < -0.4 is 20.1 Å². The van der Waals surface area contributed by atoms with Crippen LogP contribution in [0.5, 0.6) is 11.5 Å². The summed E-state index contributed by atoms with van der Waals surface area (Å²) in [5.41, 5.74) is 2.65. The number of aryl methyl sites for hydroxylation is 1. The maximum atomic E-state index is 12.5. The number of ether oxygens (including phenoxy) is 2. The number of nitrogens with one attached hydrogen (secondary N) is 2. The number of benzene rings is 3. The van der Waals surface area contributed by atoms with Crippen LogP contribution in [-0.2, 0) is 9.59 Å². The van der Waals surface area contributed by atoms with E-state index in [1.54, 1.807) is 42.5 Å². The fourth-order valence-corrected chi connectivity index (χ4v) is 3.22. The first kappa shape index (κ1) is 25.3. The van der Waals surface area contributed by atoms with Crippen molar-refractivity contribution in [1.82, 2.24) is 0 Å². The molecule has 0 aliphatic rings. The lowest BCUT2D eigenvalue weighted by atomic mass is 10.1. The zero-order valence-electron chi connectivity index (χ0n) is 19.3. The molecular weight excluding hydrogens is 466 g/mol. The molecule has 0 saturated carbocycles. The smallest absolute Gasteiger partial charge is 0.266 e. The van der Waals surface area contributed by atoms with E-state index in [4.69, 9.17) is 21.1 Å². The van der Waals surface area contributed by atoms with Crippen LogP contribution >= 0.6 is 11.6 Å². The second-order valence-electron chi connectivity index (χ2n) is 7.42. The van der Waals surface area contributed by atoms with Gasteiger partial charge in [0.1, 0.15) is 11.6 Å². The Morgan fingerprint density at radius 2 is 1.74 bits per heavy atom. The predicted molar refractivity (Wildman–Crippen MR) is 137 cm³/mol. The molecule has 2 N–H and O–H groups in total. The minimum Gasteiger partial charge on any atom is -0.490 e. The van der Waals surface area contributed by atoms with Crippen LogP contribution in [0.1, 0.15) is 18.1 Å². The van der Waals surface area contributed by atoms with Crippen molar-refractivity contribution >= 4 is 40.9 Å². The molecule has 7 nitrogen and oxygen atoms in total. The van der Waals surface area contributed by atoms with Gasteiger partial charge in [0.15, 0.2) is 18.1 Å². The second-order valence-corrected chi connectivity index (χ2v) is 7.86. The van der Waals surface area contributed by atoms with Crippen molar-refractivity contribution in [2.24, 2.45) is 0 Å². The molecule has 2 amide bonds. The standard InChI is InChI=1S/C27H24ClN3O4/c1-3-34-25-15-19(14-20(16-29)27(33)30-22-11-9-21(28)10-12-22)8-13-24(25)35-17-26(32)31-23-7-5-4-6-18(23)2/h4-15H,3,17H2,1-2H3,(H,30,33)(H,31,32)/b20-14-. The Labute approximate surface area is 208 Å². The number of amides is 2. The second kappa shape index (κ2) is 12.3. The van der Waals surface area contributed by atoms with Gasteiger partial charge in [0, 0.05) is 16.4 Å². The lowest BCUT2D eigenvalue weighted by Crippen LogP contribution is -2.20. The molecule has 0 bridgehead atoms. The highest BCUT2D eigenvalue weighted by molar-refractivity contribution is 6.30. The molecule has 0 spiro atoms. The van der Waals surface area contributed by atoms with E-state index >= 15 is 0 Å². The fraction of sp³-hybridized carbons (Fsp3) is 0.148. The summed E-state index contributed by atoms with van der Waals surface area (Å²) in [4.78, 5) is 24.9. The molecule has 0 fully saturated rings. The lowest BCUT2D eigenvalue weighted by Gasteiger charge is -2.13. The predicted octanol–water partition coefficient (Wildman–Crippen LogP) is 5.61. The van der Waals surface area contributed by atoms with E-state index in [9.17, 15) is 14.9 Å². The van der Waals surface area contributed by atoms with E-state index in [0.29, 0.717) is 40.1 Å². The summed E-state index contributed by atoms with van der Waals surface area (Å²) < 4.78 is 11.3. The monoisotopic (exact) mass is 489 g/mol. The number of carbonyl (C=O) groups excluding carboxylic acids is 2. The summed E-state index contributed by atoms with van der Waals surface area (Å²) in [6.07, 6.45) is 1.45. The van der Waals surface area contributed by atoms with Gasteiger partial charge < -0.3 is 20.1 Å². The number of carbonyl (C=O) groups is 2. The Balaban J connectivity index is 1.71. The van der Waals surface area contributed by atoms with Crippen LogP contribution in [0.15, 0.2) is 72.3 Å². The van der Waals surface area contributed by atoms with Crippen molar-refractivity contribution in [3.63, 3.8) is 0 Å². The molecule has 3 aromatic carbocycles. The summed E-state index contributed by atoms with van der Waals surface area (Å²) in [5.74, 6) is -0.106. The molecule has 3 rings (SSSR count). The molecule has 0 atom stereocenters. The van der Waals surface area contributed by atoms with Crippen molar-refractivity contribution in [2.45, 2.75) is 13.8 Å². The summed E-state index contributed by atoms with van der Waals surface area (Å²) >= 11 is 5.86. The van der Waals surface area contributed by atoms with Crippen molar-refractivity contribution in [2.75, 3.05) is 23.8 Å². The van der Waals surface area contributed by atoms with Gasteiger partial charge in [-0.05, 0) is 73.5 Å². The number of rotatable bonds is 9. The number of para-hydroxylation sites is 1. The van der Waals surface area contributed by atoms with Crippen molar-refractivity contribution < 1.29 is 19.1 Å². The van der Waals surface area contributed by atoms with Crippen LogP contribution in [-0.4, -0.2) is 25.0 Å².